The van der Waals surface area contributed by atoms with Crippen LogP contribution in [0.4, 0.5) is 0 Å². The standard InChI is InChI=1S/C12H17BrO/c1-8-5-10-3-4-11(14)7-12(10,13)6-9(8)2/h10H,3-7H2,1-2H3/t10-,12+/m1/s1. The van der Waals surface area contributed by atoms with E-state index in [0.29, 0.717) is 11.7 Å². The number of rotatable bonds is 0. The summed E-state index contributed by atoms with van der Waals surface area (Å²) in [5, 5.41) is 0. The second kappa shape index (κ2) is 3.48. The number of hydrogen-bond donors (Lipinski definition) is 0. The molecule has 14 heavy (non-hydrogen) atoms. The minimum Gasteiger partial charge on any atom is -0.300 e. The van der Waals surface area contributed by atoms with Gasteiger partial charge in [0.05, 0.1) is 0 Å². The van der Waals surface area contributed by atoms with Crippen molar-refractivity contribution in [2.24, 2.45) is 5.92 Å². The SMILES string of the molecule is CC1=C(C)C[C@]2(Br)CC(=O)CC[C@@H]2C1. The number of fused-ring (bicyclic) bond motifs is 1. The van der Waals surface area contributed by atoms with Crippen LogP contribution in [0.15, 0.2) is 11.1 Å². The molecule has 0 N–H and O–H groups in total. The zero-order valence-corrected chi connectivity index (χ0v) is 10.5. The zero-order chi connectivity index (χ0) is 10.3. The van der Waals surface area contributed by atoms with Crippen LogP contribution in [0.1, 0.15) is 46.0 Å². The maximum atomic E-state index is 11.5. The minimum atomic E-state index is 0.103. The molecule has 2 aliphatic carbocycles. The number of alkyl halides is 1. The molecular weight excluding hydrogens is 240 g/mol. The van der Waals surface area contributed by atoms with Gasteiger partial charge in [-0.25, -0.2) is 0 Å². The van der Waals surface area contributed by atoms with Crippen LogP contribution in [0.2, 0.25) is 0 Å². The van der Waals surface area contributed by atoms with Crippen molar-refractivity contribution in [1.82, 2.24) is 0 Å². The third kappa shape index (κ3) is 1.69. The Hall–Kier alpha value is -0.110. The Morgan fingerprint density at radius 3 is 2.71 bits per heavy atom. The third-order valence-corrected chi connectivity index (χ3v) is 5.04. The first-order valence-corrected chi connectivity index (χ1v) is 6.16. The fourth-order valence-corrected chi connectivity index (χ4v) is 3.91. The Bertz CT molecular complexity index is 305. The fourth-order valence-electron chi connectivity index (χ4n) is 2.78. The number of carbonyl (C=O) groups is 1. The number of carbonyl (C=O) groups excluding carboxylic acids is 1. The first-order valence-electron chi connectivity index (χ1n) is 5.37. The van der Waals surface area contributed by atoms with Crippen LogP contribution in [-0.4, -0.2) is 10.1 Å². The van der Waals surface area contributed by atoms with Gasteiger partial charge < -0.3 is 0 Å². The van der Waals surface area contributed by atoms with Gasteiger partial charge in [0.2, 0.25) is 0 Å². The van der Waals surface area contributed by atoms with Gasteiger partial charge in [-0.15, -0.1) is 0 Å². The van der Waals surface area contributed by atoms with Gasteiger partial charge >= 0.3 is 0 Å². The van der Waals surface area contributed by atoms with E-state index < -0.39 is 0 Å². The molecule has 1 saturated carbocycles. The predicted molar refractivity (Wildman–Crippen MR) is 61.6 cm³/mol. The van der Waals surface area contributed by atoms with Crippen molar-refractivity contribution in [3.63, 3.8) is 0 Å². The summed E-state index contributed by atoms with van der Waals surface area (Å²) in [5.74, 6) is 1.12. The van der Waals surface area contributed by atoms with E-state index >= 15 is 0 Å². The van der Waals surface area contributed by atoms with E-state index in [2.05, 4.69) is 29.8 Å². The van der Waals surface area contributed by atoms with Crippen molar-refractivity contribution in [2.75, 3.05) is 0 Å². The van der Waals surface area contributed by atoms with Crippen molar-refractivity contribution in [1.29, 1.82) is 0 Å². The molecule has 1 fully saturated rings. The predicted octanol–water partition coefficient (Wildman–Crippen LogP) is 3.62. The summed E-state index contributed by atoms with van der Waals surface area (Å²) >= 11 is 3.83. The number of halogens is 1. The van der Waals surface area contributed by atoms with Crippen LogP contribution in [0.5, 0.6) is 0 Å². The van der Waals surface area contributed by atoms with Crippen LogP contribution in [0, 0.1) is 5.92 Å². The number of Topliss-reactive ketones (excluding diaryl/α,β-unsaturated/α-hetero) is 1. The summed E-state index contributed by atoms with van der Waals surface area (Å²) in [5.41, 5.74) is 3.02. The molecule has 78 valence electrons. The molecule has 0 aromatic carbocycles. The van der Waals surface area contributed by atoms with Crippen LogP contribution in [0.25, 0.3) is 0 Å². The summed E-state index contributed by atoms with van der Waals surface area (Å²) in [4.78, 5) is 11.5. The highest BCUT2D eigenvalue weighted by molar-refractivity contribution is 9.10. The summed E-state index contributed by atoms with van der Waals surface area (Å²) in [6, 6.07) is 0. The summed E-state index contributed by atoms with van der Waals surface area (Å²) in [6.45, 7) is 4.44. The van der Waals surface area contributed by atoms with Crippen molar-refractivity contribution >= 4 is 21.7 Å². The smallest absolute Gasteiger partial charge is 0.134 e. The quantitative estimate of drug-likeness (QED) is 0.478. The van der Waals surface area contributed by atoms with Gasteiger partial charge in [0.15, 0.2) is 0 Å². The Morgan fingerprint density at radius 1 is 1.29 bits per heavy atom. The number of hydrogen-bond acceptors (Lipinski definition) is 1. The van der Waals surface area contributed by atoms with E-state index in [1.54, 1.807) is 5.57 Å². The van der Waals surface area contributed by atoms with E-state index in [9.17, 15) is 4.79 Å². The molecular formula is C12H17BrO. The van der Waals surface area contributed by atoms with Crippen LogP contribution in [0.3, 0.4) is 0 Å². The van der Waals surface area contributed by atoms with Gasteiger partial charge in [-0.3, -0.25) is 4.79 Å². The Kier molecular flexibility index (Phi) is 2.59. The largest absolute Gasteiger partial charge is 0.300 e. The Labute approximate surface area is 94.1 Å². The van der Waals surface area contributed by atoms with Gasteiger partial charge in [-0.2, -0.15) is 0 Å². The highest BCUT2D eigenvalue weighted by atomic mass is 79.9. The molecule has 1 nitrogen and oxygen atoms in total. The molecule has 2 aliphatic rings. The molecule has 0 unspecified atom stereocenters. The van der Waals surface area contributed by atoms with Crippen molar-refractivity contribution < 1.29 is 4.79 Å². The topological polar surface area (TPSA) is 17.1 Å². The first-order chi connectivity index (χ1) is 6.51. The lowest BCUT2D eigenvalue weighted by Crippen LogP contribution is -2.41. The first kappa shape index (κ1) is 10.4. The average Bonchev–Trinajstić information content (AvgIpc) is 2.07. The summed E-state index contributed by atoms with van der Waals surface area (Å²) in [7, 11) is 0. The highest BCUT2D eigenvalue weighted by Crippen LogP contribution is 2.49. The van der Waals surface area contributed by atoms with Gasteiger partial charge in [0.25, 0.3) is 0 Å². The molecule has 0 spiro atoms. The molecule has 0 aromatic rings. The second-order valence-corrected chi connectivity index (χ2v) is 6.51. The maximum Gasteiger partial charge on any atom is 0.134 e. The highest BCUT2D eigenvalue weighted by Gasteiger charge is 2.43. The Balaban J connectivity index is 2.26. The van der Waals surface area contributed by atoms with E-state index in [-0.39, 0.29) is 4.32 Å². The lowest BCUT2D eigenvalue weighted by Gasteiger charge is -2.43. The van der Waals surface area contributed by atoms with Crippen LogP contribution >= 0.6 is 15.9 Å². The van der Waals surface area contributed by atoms with Crippen molar-refractivity contribution in [3.05, 3.63) is 11.1 Å². The lowest BCUT2D eigenvalue weighted by atomic mass is 9.69. The van der Waals surface area contributed by atoms with Crippen LogP contribution < -0.4 is 0 Å². The Morgan fingerprint density at radius 2 is 2.00 bits per heavy atom. The fraction of sp³-hybridized carbons (Fsp3) is 0.750. The third-order valence-electron chi connectivity index (χ3n) is 3.83. The van der Waals surface area contributed by atoms with E-state index in [4.69, 9.17) is 0 Å². The zero-order valence-electron chi connectivity index (χ0n) is 8.90. The molecule has 0 saturated heterocycles. The molecule has 0 aromatic heterocycles. The average molecular weight is 257 g/mol. The molecule has 2 rings (SSSR count). The van der Waals surface area contributed by atoms with Gasteiger partial charge in [-0.05, 0) is 39.0 Å². The molecule has 0 bridgehead atoms. The van der Waals surface area contributed by atoms with Crippen molar-refractivity contribution in [2.45, 2.75) is 50.3 Å². The lowest BCUT2D eigenvalue weighted by molar-refractivity contribution is -0.121. The van der Waals surface area contributed by atoms with Crippen molar-refractivity contribution in [3.8, 4) is 0 Å². The van der Waals surface area contributed by atoms with E-state index in [0.717, 1.165) is 25.7 Å². The molecule has 2 heteroatoms. The minimum absolute atomic E-state index is 0.103. The van der Waals surface area contributed by atoms with Gasteiger partial charge in [0.1, 0.15) is 5.78 Å². The van der Waals surface area contributed by atoms with Gasteiger partial charge in [0, 0.05) is 17.2 Å². The molecule has 0 aliphatic heterocycles. The summed E-state index contributed by atoms with van der Waals surface area (Å²) < 4.78 is 0.103. The molecule has 2 atom stereocenters. The summed E-state index contributed by atoms with van der Waals surface area (Å²) in [6.07, 6.45) is 4.86. The van der Waals surface area contributed by atoms with Gasteiger partial charge in [-0.1, -0.05) is 27.1 Å². The van der Waals surface area contributed by atoms with E-state index in [1.165, 1.54) is 12.0 Å². The maximum absolute atomic E-state index is 11.5. The normalized spacial score (nSPS) is 38.5. The molecule has 0 radical (unpaired) electrons. The monoisotopic (exact) mass is 256 g/mol. The number of allylic oxidation sites excluding steroid dienone is 2. The van der Waals surface area contributed by atoms with E-state index in [1.807, 2.05) is 0 Å². The van der Waals surface area contributed by atoms with Crippen LogP contribution in [-0.2, 0) is 4.79 Å². The molecule has 0 amide bonds. The number of ketones is 1. The second-order valence-electron chi connectivity index (χ2n) is 4.93. The molecule has 0 heterocycles.